The molecule has 0 aliphatic heterocycles. The largest absolute Gasteiger partial charge is 0.494 e. The van der Waals surface area contributed by atoms with Crippen LogP contribution >= 0.6 is 11.6 Å². The van der Waals surface area contributed by atoms with Gasteiger partial charge in [-0.3, -0.25) is 4.79 Å². The van der Waals surface area contributed by atoms with Crippen LogP contribution in [0, 0.1) is 11.3 Å². The number of pyridine rings is 1. The topological polar surface area (TPSA) is 75.0 Å². The third kappa shape index (κ3) is 2.99. The molecule has 1 atom stereocenters. The van der Waals surface area contributed by atoms with Crippen molar-refractivity contribution in [2.75, 3.05) is 7.11 Å². The number of methoxy groups -OCH3 is 1. The molecular formula is C17H14ClN3O2. The molecule has 0 bridgehead atoms. The van der Waals surface area contributed by atoms with Gasteiger partial charge in [0.05, 0.1) is 29.8 Å². The van der Waals surface area contributed by atoms with Crippen LogP contribution in [-0.2, 0) is 6.42 Å². The van der Waals surface area contributed by atoms with E-state index in [1.165, 1.54) is 13.3 Å². The molecule has 2 aromatic rings. The number of ether oxygens (including phenoxy) is 1. The number of amides is 1. The fraction of sp³-hybridized carbons (Fsp3) is 0.235. The Labute approximate surface area is 138 Å². The van der Waals surface area contributed by atoms with E-state index in [0.29, 0.717) is 16.3 Å². The summed E-state index contributed by atoms with van der Waals surface area (Å²) in [4.78, 5) is 16.5. The highest BCUT2D eigenvalue weighted by atomic mass is 35.5. The highest BCUT2D eigenvalue weighted by Gasteiger charge is 2.26. The number of aryl methyl sites for hydroxylation is 1. The predicted octanol–water partition coefficient (Wildman–Crippen LogP) is 3.03. The first-order chi connectivity index (χ1) is 11.1. The number of hydrogen-bond donors (Lipinski definition) is 1. The molecule has 0 fully saturated rings. The van der Waals surface area contributed by atoms with Crippen LogP contribution in [0.5, 0.6) is 5.75 Å². The summed E-state index contributed by atoms with van der Waals surface area (Å²) < 4.78 is 5.17. The summed E-state index contributed by atoms with van der Waals surface area (Å²) in [7, 11) is 1.47. The average Bonchev–Trinajstić information content (AvgIpc) is 2.96. The fourth-order valence-corrected chi connectivity index (χ4v) is 2.96. The number of carbonyl (C=O) groups is 1. The van der Waals surface area contributed by atoms with E-state index in [1.807, 2.05) is 12.1 Å². The smallest absolute Gasteiger partial charge is 0.274 e. The Hall–Kier alpha value is -2.58. The predicted molar refractivity (Wildman–Crippen MR) is 85.5 cm³/mol. The molecule has 6 heteroatoms. The van der Waals surface area contributed by atoms with E-state index in [9.17, 15) is 4.79 Å². The minimum atomic E-state index is -0.305. The van der Waals surface area contributed by atoms with Crippen molar-refractivity contribution in [2.45, 2.75) is 18.9 Å². The van der Waals surface area contributed by atoms with Gasteiger partial charge in [-0.2, -0.15) is 5.26 Å². The quantitative estimate of drug-likeness (QED) is 0.940. The van der Waals surface area contributed by atoms with E-state index < -0.39 is 0 Å². The molecule has 1 aromatic carbocycles. The van der Waals surface area contributed by atoms with Crippen molar-refractivity contribution in [1.29, 1.82) is 5.26 Å². The fourth-order valence-electron chi connectivity index (χ4n) is 2.81. The van der Waals surface area contributed by atoms with E-state index in [2.05, 4.69) is 16.4 Å². The molecule has 23 heavy (non-hydrogen) atoms. The maximum Gasteiger partial charge on any atom is 0.274 e. The van der Waals surface area contributed by atoms with Crippen LogP contribution in [-0.4, -0.2) is 18.0 Å². The second kappa shape index (κ2) is 6.27. The number of hydrogen-bond acceptors (Lipinski definition) is 4. The van der Waals surface area contributed by atoms with Crippen molar-refractivity contribution in [1.82, 2.24) is 10.3 Å². The van der Waals surface area contributed by atoms with Crippen LogP contribution in [0.4, 0.5) is 0 Å². The maximum atomic E-state index is 12.5. The highest BCUT2D eigenvalue weighted by Crippen LogP contribution is 2.32. The van der Waals surface area contributed by atoms with Crippen molar-refractivity contribution in [3.8, 4) is 11.8 Å². The lowest BCUT2D eigenvalue weighted by atomic mass is 10.1. The summed E-state index contributed by atoms with van der Waals surface area (Å²) in [5.41, 5.74) is 2.99. The summed E-state index contributed by atoms with van der Waals surface area (Å²) in [6.07, 6.45) is 3.05. The van der Waals surface area contributed by atoms with Gasteiger partial charge in [-0.25, -0.2) is 4.98 Å². The Balaban J connectivity index is 1.82. The first-order valence-corrected chi connectivity index (χ1v) is 7.53. The molecular weight excluding hydrogens is 314 g/mol. The van der Waals surface area contributed by atoms with Gasteiger partial charge in [0.15, 0.2) is 11.4 Å². The number of aromatic nitrogens is 1. The molecule has 1 amide bonds. The molecule has 1 aliphatic rings. The SMILES string of the molecule is COc1cc(Cl)cnc1C(=O)N[C@@H]1CCc2cc(C#N)ccc21. The Morgan fingerprint density at radius 3 is 3.04 bits per heavy atom. The summed E-state index contributed by atoms with van der Waals surface area (Å²) in [6, 6.07) is 9.15. The van der Waals surface area contributed by atoms with Gasteiger partial charge in [-0.1, -0.05) is 17.7 Å². The molecule has 116 valence electrons. The van der Waals surface area contributed by atoms with E-state index in [0.717, 1.165) is 24.0 Å². The number of nitrogens with one attached hydrogen (secondary N) is 1. The van der Waals surface area contributed by atoms with Crippen molar-refractivity contribution in [3.63, 3.8) is 0 Å². The second-order valence-electron chi connectivity index (χ2n) is 5.29. The van der Waals surface area contributed by atoms with Crippen molar-refractivity contribution in [2.24, 2.45) is 0 Å². The highest BCUT2D eigenvalue weighted by molar-refractivity contribution is 6.30. The molecule has 5 nitrogen and oxygen atoms in total. The van der Waals surface area contributed by atoms with Crippen molar-refractivity contribution < 1.29 is 9.53 Å². The van der Waals surface area contributed by atoms with E-state index in [-0.39, 0.29) is 17.6 Å². The van der Waals surface area contributed by atoms with Crippen molar-refractivity contribution in [3.05, 3.63) is 57.9 Å². The van der Waals surface area contributed by atoms with Gasteiger partial charge in [-0.05, 0) is 36.1 Å². The van der Waals surface area contributed by atoms with Gasteiger partial charge in [-0.15, -0.1) is 0 Å². The molecule has 0 radical (unpaired) electrons. The summed E-state index contributed by atoms with van der Waals surface area (Å²) in [5, 5.41) is 12.3. The molecule has 1 aliphatic carbocycles. The molecule has 0 unspecified atom stereocenters. The third-order valence-electron chi connectivity index (χ3n) is 3.91. The molecule has 0 saturated carbocycles. The Morgan fingerprint density at radius 1 is 1.48 bits per heavy atom. The number of fused-ring (bicyclic) bond motifs is 1. The van der Waals surface area contributed by atoms with E-state index in [4.69, 9.17) is 21.6 Å². The number of rotatable bonds is 3. The summed E-state index contributed by atoms with van der Waals surface area (Å²) in [6.45, 7) is 0. The molecule has 3 rings (SSSR count). The van der Waals surface area contributed by atoms with E-state index in [1.54, 1.807) is 12.1 Å². The molecule has 0 spiro atoms. The lowest BCUT2D eigenvalue weighted by molar-refractivity contribution is 0.0928. The monoisotopic (exact) mass is 327 g/mol. The normalized spacial score (nSPS) is 15.6. The summed E-state index contributed by atoms with van der Waals surface area (Å²) in [5.74, 6) is 0.0359. The van der Waals surface area contributed by atoms with Gasteiger partial charge in [0, 0.05) is 12.3 Å². The van der Waals surface area contributed by atoms with Crippen molar-refractivity contribution >= 4 is 17.5 Å². The first kappa shape index (κ1) is 15.3. The number of nitrogens with zero attached hydrogens (tertiary/aromatic N) is 2. The zero-order valence-electron chi connectivity index (χ0n) is 12.5. The Bertz CT molecular complexity index is 814. The van der Waals surface area contributed by atoms with Gasteiger partial charge in [0.1, 0.15) is 0 Å². The average molecular weight is 328 g/mol. The zero-order chi connectivity index (χ0) is 16.4. The lowest BCUT2D eigenvalue weighted by Gasteiger charge is -2.15. The molecule has 1 aromatic heterocycles. The lowest BCUT2D eigenvalue weighted by Crippen LogP contribution is -2.28. The minimum Gasteiger partial charge on any atom is -0.494 e. The van der Waals surface area contributed by atoms with Crippen LogP contribution in [0.15, 0.2) is 30.5 Å². The molecule has 1 heterocycles. The van der Waals surface area contributed by atoms with Crippen LogP contribution in [0.2, 0.25) is 5.02 Å². The number of carbonyl (C=O) groups excluding carboxylic acids is 1. The summed E-state index contributed by atoms with van der Waals surface area (Å²) >= 11 is 5.87. The van der Waals surface area contributed by atoms with Gasteiger partial charge in [0.2, 0.25) is 0 Å². The van der Waals surface area contributed by atoms with Crippen LogP contribution in [0.3, 0.4) is 0 Å². The van der Waals surface area contributed by atoms with Gasteiger partial charge >= 0.3 is 0 Å². The molecule has 1 N–H and O–H groups in total. The number of benzene rings is 1. The maximum absolute atomic E-state index is 12.5. The van der Waals surface area contributed by atoms with Crippen LogP contribution in [0.1, 0.15) is 39.6 Å². The Kier molecular flexibility index (Phi) is 4.18. The Morgan fingerprint density at radius 2 is 2.30 bits per heavy atom. The second-order valence-corrected chi connectivity index (χ2v) is 5.73. The first-order valence-electron chi connectivity index (χ1n) is 7.15. The zero-order valence-corrected chi connectivity index (χ0v) is 13.2. The van der Waals surface area contributed by atoms with E-state index >= 15 is 0 Å². The number of halogens is 1. The van der Waals surface area contributed by atoms with Crippen LogP contribution < -0.4 is 10.1 Å². The van der Waals surface area contributed by atoms with Gasteiger partial charge in [0.25, 0.3) is 5.91 Å². The molecule has 0 saturated heterocycles. The van der Waals surface area contributed by atoms with Gasteiger partial charge < -0.3 is 10.1 Å². The standard InChI is InChI=1S/C17H14ClN3O2/c1-23-15-7-12(18)9-20-16(15)17(22)21-14-5-3-11-6-10(8-19)2-4-13(11)14/h2,4,6-7,9,14H,3,5H2,1H3,(H,21,22)/t14-/m1/s1. The van der Waals surface area contributed by atoms with Crippen LogP contribution in [0.25, 0.3) is 0 Å². The minimum absolute atomic E-state index is 0.0903. The third-order valence-corrected chi connectivity index (χ3v) is 4.12. The number of nitriles is 1.